The van der Waals surface area contributed by atoms with Gasteiger partial charge < -0.3 is 9.47 Å². The number of ether oxygens (including phenoxy) is 2. The maximum Gasteiger partial charge on any atom is 0.432 e. The fourth-order valence-corrected chi connectivity index (χ4v) is 4.35. The Balaban J connectivity index is 1.63. The molecule has 2 nitrogen and oxygen atoms in total. The van der Waals surface area contributed by atoms with E-state index < -0.39 is 87.5 Å². The van der Waals surface area contributed by atoms with Crippen molar-refractivity contribution in [3.63, 3.8) is 0 Å². The van der Waals surface area contributed by atoms with Gasteiger partial charge in [-0.05, 0) is 52.9 Å². The van der Waals surface area contributed by atoms with E-state index in [1.165, 1.54) is 0 Å². The summed E-state index contributed by atoms with van der Waals surface area (Å²) in [7, 11) is 0. The van der Waals surface area contributed by atoms with Crippen LogP contribution < -0.4 is 9.47 Å². The largest absolute Gasteiger partial charge is 0.432 e. The van der Waals surface area contributed by atoms with Gasteiger partial charge in [0.15, 0.2) is 17.4 Å². The molecular formula is C31H18F12O2. The van der Waals surface area contributed by atoms with Gasteiger partial charge in [0.05, 0.1) is 11.6 Å². The van der Waals surface area contributed by atoms with E-state index in [0.717, 1.165) is 30.5 Å². The summed E-state index contributed by atoms with van der Waals surface area (Å²) in [6, 6.07) is 8.57. The molecule has 0 saturated carbocycles. The molecule has 4 aromatic rings. The second kappa shape index (κ2) is 12.8. The van der Waals surface area contributed by atoms with Gasteiger partial charge in [-0.15, -0.1) is 0 Å². The Morgan fingerprint density at radius 1 is 0.644 bits per heavy atom. The molecule has 14 heteroatoms. The molecule has 238 valence electrons. The molecule has 0 aliphatic carbocycles. The highest BCUT2D eigenvalue weighted by Gasteiger charge is 2.42. The Bertz CT molecular complexity index is 1680. The number of benzene rings is 4. The molecule has 0 bridgehead atoms. The van der Waals surface area contributed by atoms with Crippen molar-refractivity contribution in [1.82, 2.24) is 0 Å². The van der Waals surface area contributed by atoms with Crippen LogP contribution in [0.4, 0.5) is 52.7 Å². The van der Waals surface area contributed by atoms with Crippen molar-refractivity contribution in [3.8, 4) is 33.8 Å². The quantitative estimate of drug-likeness (QED) is 0.159. The monoisotopic (exact) mass is 650 g/mol. The molecule has 0 N–H and O–H groups in total. The van der Waals surface area contributed by atoms with Crippen LogP contribution in [0.15, 0.2) is 72.8 Å². The van der Waals surface area contributed by atoms with Gasteiger partial charge in [0.1, 0.15) is 34.6 Å². The number of halogens is 12. The van der Waals surface area contributed by atoms with Gasteiger partial charge in [0.25, 0.3) is 6.08 Å². The number of rotatable bonds is 10. The summed E-state index contributed by atoms with van der Waals surface area (Å²) < 4.78 is 176. The van der Waals surface area contributed by atoms with Crippen molar-refractivity contribution < 1.29 is 62.2 Å². The van der Waals surface area contributed by atoms with Crippen molar-refractivity contribution in [3.05, 3.63) is 119 Å². The zero-order valence-electron chi connectivity index (χ0n) is 22.6. The number of hydrogen-bond donors (Lipinski definition) is 0. The third-order valence-corrected chi connectivity index (χ3v) is 6.22. The van der Waals surface area contributed by atoms with Crippen LogP contribution >= 0.6 is 0 Å². The van der Waals surface area contributed by atoms with Gasteiger partial charge in [0.2, 0.25) is 0 Å². The topological polar surface area (TPSA) is 18.5 Å². The summed E-state index contributed by atoms with van der Waals surface area (Å²) in [5.74, 6) is -14.4. The molecule has 0 unspecified atom stereocenters. The van der Waals surface area contributed by atoms with Crippen LogP contribution in [0, 0.1) is 34.9 Å². The SMILES string of the molecule is CCCc1ccc(-c2cc(F)c(-c3cc(F)c(C(F)(F)Oc4cc(F)c(OC(F)(F)C=C(F)F)c(F)c4)c(F)c3)c(F)c2)cc1. The van der Waals surface area contributed by atoms with Crippen LogP contribution in [-0.2, 0) is 12.5 Å². The highest BCUT2D eigenvalue weighted by atomic mass is 19.3. The van der Waals surface area contributed by atoms with Crippen LogP contribution in [-0.4, -0.2) is 6.11 Å². The molecule has 0 fully saturated rings. The minimum atomic E-state index is -5.04. The normalized spacial score (nSPS) is 11.8. The third kappa shape index (κ3) is 7.55. The predicted molar refractivity (Wildman–Crippen MR) is 138 cm³/mol. The van der Waals surface area contributed by atoms with E-state index in [1.54, 1.807) is 24.3 Å². The second-order valence-corrected chi connectivity index (χ2v) is 9.51. The van der Waals surface area contributed by atoms with Crippen LogP contribution in [0.3, 0.4) is 0 Å². The van der Waals surface area contributed by atoms with E-state index in [1.807, 2.05) is 6.92 Å². The number of aryl methyl sites for hydroxylation is 1. The van der Waals surface area contributed by atoms with E-state index in [9.17, 15) is 43.9 Å². The smallest absolute Gasteiger partial charge is 0.429 e. The standard InChI is InChI=1S/C31H18F12O2/c1-2-3-15-4-6-16(7-5-15)17-8-20(32)27(21(33)9-17)18-10-22(34)28(23(35)11-18)31(42,43)44-19-12-24(36)29(25(37)13-19)45-30(40,41)14-26(38)39/h4-14H,2-3H2,1H3. The van der Waals surface area contributed by atoms with E-state index in [4.69, 9.17) is 0 Å². The molecule has 0 spiro atoms. The average Bonchev–Trinajstić information content (AvgIpc) is 2.89. The van der Waals surface area contributed by atoms with Crippen molar-refractivity contribution in [1.29, 1.82) is 0 Å². The first-order chi connectivity index (χ1) is 21.0. The minimum absolute atomic E-state index is 0.0833. The van der Waals surface area contributed by atoms with E-state index in [0.29, 0.717) is 5.56 Å². The summed E-state index contributed by atoms with van der Waals surface area (Å²) in [5, 5.41) is 0. The Labute approximate surface area is 247 Å². The van der Waals surface area contributed by atoms with Gasteiger partial charge in [0, 0.05) is 12.1 Å². The van der Waals surface area contributed by atoms with E-state index >= 15 is 8.78 Å². The lowest BCUT2D eigenvalue weighted by Crippen LogP contribution is -2.26. The fourth-order valence-electron chi connectivity index (χ4n) is 4.35. The Morgan fingerprint density at radius 3 is 1.64 bits per heavy atom. The lowest BCUT2D eigenvalue weighted by atomic mass is 9.96. The fraction of sp³-hybridized carbons (Fsp3) is 0.161. The lowest BCUT2D eigenvalue weighted by Gasteiger charge is -2.21. The molecule has 0 aromatic heterocycles. The van der Waals surface area contributed by atoms with E-state index in [2.05, 4.69) is 9.47 Å². The second-order valence-electron chi connectivity index (χ2n) is 9.51. The molecule has 4 rings (SSSR count). The van der Waals surface area contributed by atoms with Crippen LogP contribution in [0.5, 0.6) is 11.5 Å². The Kier molecular flexibility index (Phi) is 9.45. The molecule has 0 heterocycles. The molecule has 0 aliphatic heterocycles. The molecule has 0 amide bonds. The zero-order valence-corrected chi connectivity index (χ0v) is 22.6. The maximum absolute atomic E-state index is 15.0. The summed E-state index contributed by atoms with van der Waals surface area (Å²) in [6.07, 6.45) is -12.4. The highest BCUT2D eigenvalue weighted by molar-refractivity contribution is 5.72. The highest BCUT2D eigenvalue weighted by Crippen LogP contribution is 2.40. The molecule has 0 saturated heterocycles. The van der Waals surface area contributed by atoms with Gasteiger partial charge in [-0.1, -0.05) is 37.6 Å². The predicted octanol–water partition coefficient (Wildman–Crippen LogP) is 10.7. The van der Waals surface area contributed by atoms with Gasteiger partial charge in [-0.2, -0.15) is 26.3 Å². The average molecular weight is 650 g/mol. The first-order valence-corrected chi connectivity index (χ1v) is 12.8. The number of alkyl halides is 4. The maximum atomic E-state index is 15.0. The van der Waals surface area contributed by atoms with E-state index in [-0.39, 0.29) is 29.8 Å². The van der Waals surface area contributed by atoms with Crippen LogP contribution in [0.1, 0.15) is 24.5 Å². The minimum Gasteiger partial charge on any atom is -0.429 e. The Hall–Kier alpha value is -4.62. The summed E-state index contributed by atoms with van der Waals surface area (Å²) in [4.78, 5) is 0. The molecule has 0 radical (unpaired) electrons. The van der Waals surface area contributed by atoms with Crippen molar-refractivity contribution >= 4 is 0 Å². The summed E-state index contributed by atoms with van der Waals surface area (Å²) >= 11 is 0. The zero-order chi connectivity index (χ0) is 33.3. The van der Waals surface area contributed by atoms with Gasteiger partial charge >= 0.3 is 12.2 Å². The Morgan fingerprint density at radius 2 is 1.16 bits per heavy atom. The van der Waals surface area contributed by atoms with Gasteiger partial charge in [-0.25, -0.2) is 26.3 Å². The van der Waals surface area contributed by atoms with Gasteiger partial charge in [-0.3, -0.25) is 0 Å². The van der Waals surface area contributed by atoms with Crippen molar-refractivity contribution in [2.45, 2.75) is 32.0 Å². The third-order valence-electron chi connectivity index (χ3n) is 6.22. The van der Waals surface area contributed by atoms with Crippen molar-refractivity contribution in [2.75, 3.05) is 0 Å². The van der Waals surface area contributed by atoms with Crippen LogP contribution in [0.2, 0.25) is 0 Å². The molecule has 45 heavy (non-hydrogen) atoms. The molecule has 0 atom stereocenters. The molecular weight excluding hydrogens is 632 g/mol. The molecule has 0 aliphatic rings. The first kappa shape index (κ1) is 33.3. The summed E-state index contributed by atoms with van der Waals surface area (Å²) in [5.41, 5.74) is -2.41. The van der Waals surface area contributed by atoms with Crippen molar-refractivity contribution in [2.24, 2.45) is 0 Å². The first-order valence-electron chi connectivity index (χ1n) is 12.8. The number of hydrogen-bond acceptors (Lipinski definition) is 2. The van der Waals surface area contributed by atoms with Crippen LogP contribution in [0.25, 0.3) is 22.3 Å². The summed E-state index contributed by atoms with van der Waals surface area (Å²) in [6.45, 7) is 1.97. The lowest BCUT2D eigenvalue weighted by molar-refractivity contribution is -0.189. The molecule has 4 aromatic carbocycles.